The van der Waals surface area contributed by atoms with Crippen molar-refractivity contribution in [3.05, 3.63) is 51.1 Å². The molecule has 0 atom stereocenters. The number of aryl methyl sites for hydroxylation is 1. The van der Waals surface area contributed by atoms with Gasteiger partial charge in [-0.15, -0.1) is 0 Å². The van der Waals surface area contributed by atoms with Crippen LogP contribution >= 0.6 is 0 Å². The molecule has 0 aromatic carbocycles. The number of aromatic amines is 1. The van der Waals surface area contributed by atoms with Crippen LogP contribution in [0.4, 0.5) is 4.39 Å². The minimum Gasteiger partial charge on any atom is -0.481 e. The fourth-order valence-corrected chi connectivity index (χ4v) is 3.03. The molecule has 128 valence electrons. The molecule has 0 bridgehead atoms. The third-order valence-electron chi connectivity index (χ3n) is 4.16. The van der Waals surface area contributed by atoms with E-state index in [1.807, 2.05) is 0 Å². The fourth-order valence-electron chi connectivity index (χ4n) is 3.03. The molecule has 2 aromatic rings. The summed E-state index contributed by atoms with van der Waals surface area (Å²) < 4.78 is 18.6. The van der Waals surface area contributed by atoms with E-state index in [1.165, 1.54) is 13.2 Å². The number of H-pyrrole nitrogens is 1. The summed E-state index contributed by atoms with van der Waals surface area (Å²) >= 11 is 0. The highest BCUT2D eigenvalue weighted by atomic mass is 19.1. The molecule has 7 heteroatoms. The molecule has 1 N–H and O–H groups in total. The van der Waals surface area contributed by atoms with E-state index in [0.29, 0.717) is 36.5 Å². The van der Waals surface area contributed by atoms with Crippen LogP contribution < -0.4 is 10.3 Å². The van der Waals surface area contributed by atoms with Gasteiger partial charge in [-0.2, -0.15) is 0 Å². The Kier molecular flexibility index (Phi) is 4.89. The van der Waals surface area contributed by atoms with Gasteiger partial charge < -0.3 is 9.72 Å². The predicted octanol–water partition coefficient (Wildman–Crippen LogP) is 1.82. The van der Waals surface area contributed by atoms with Crippen LogP contribution in [0.1, 0.15) is 36.0 Å². The fraction of sp³-hybridized carbons (Fsp3) is 0.471. The Hall–Kier alpha value is -2.28. The van der Waals surface area contributed by atoms with Crippen molar-refractivity contribution in [3.63, 3.8) is 0 Å². The summed E-state index contributed by atoms with van der Waals surface area (Å²) in [5.74, 6) is 0.769. The summed E-state index contributed by atoms with van der Waals surface area (Å²) in [5.41, 5.74) is 2.18. The average molecular weight is 332 g/mol. The second-order valence-electron chi connectivity index (χ2n) is 5.97. The van der Waals surface area contributed by atoms with Crippen LogP contribution in [0, 0.1) is 5.82 Å². The summed E-state index contributed by atoms with van der Waals surface area (Å²) in [6.45, 7) is 3.78. The van der Waals surface area contributed by atoms with Crippen molar-refractivity contribution in [3.8, 4) is 5.88 Å². The molecule has 0 saturated heterocycles. The Morgan fingerprint density at radius 3 is 3.04 bits per heavy atom. The SMILES string of the molecule is CCCc1nc2c(c(=O)[nH]1)CN(Cc1cc(F)cnc1OC)CC2. The lowest BCUT2D eigenvalue weighted by Gasteiger charge is -2.28. The number of rotatable bonds is 5. The summed E-state index contributed by atoms with van der Waals surface area (Å²) in [4.78, 5) is 25.8. The molecule has 6 nitrogen and oxygen atoms in total. The van der Waals surface area contributed by atoms with Gasteiger partial charge in [0.1, 0.15) is 11.6 Å². The van der Waals surface area contributed by atoms with Crippen LogP contribution in [0.25, 0.3) is 0 Å². The number of fused-ring (bicyclic) bond motifs is 1. The van der Waals surface area contributed by atoms with E-state index in [1.54, 1.807) is 0 Å². The molecule has 0 unspecified atom stereocenters. The molecule has 2 aromatic heterocycles. The predicted molar refractivity (Wildman–Crippen MR) is 87.4 cm³/mol. The van der Waals surface area contributed by atoms with Crippen molar-refractivity contribution in [2.45, 2.75) is 39.3 Å². The molecule has 3 rings (SSSR count). The molecule has 0 aliphatic carbocycles. The monoisotopic (exact) mass is 332 g/mol. The Balaban J connectivity index is 1.81. The maximum Gasteiger partial charge on any atom is 0.255 e. The van der Waals surface area contributed by atoms with E-state index < -0.39 is 5.82 Å². The second-order valence-corrected chi connectivity index (χ2v) is 5.97. The van der Waals surface area contributed by atoms with Crippen molar-refractivity contribution in [1.82, 2.24) is 19.9 Å². The molecule has 1 aliphatic rings. The zero-order chi connectivity index (χ0) is 17.1. The van der Waals surface area contributed by atoms with Gasteiger partial charge in [-0.05, 0) is 12.5 Å². The van der Waals surface area contributed by atoms with Gasteiger partial charge in [0, 0.05) is 38.0 Å². The van der Waals surface area contributed by atoms with E-state index in [4.69, 9.17) is 4.74 Å². The maximum absolute atomic E-state index is 13.5. The number of nitrogens with one attached hydrogen (secondary N) is 1. The third kappa shape index (κ3) is 3.46. The molecule has 0 spiro atoms. The molecular weight excluding hydrogens is 311 g/mol. The van der Waals surface area contributed by atoms with Gasteiger partial charge in [-0.25, -0.2) is 14.4 Å². The summed E-state index contributed by atoms with van der Waals surface area (Å²) in [6, 6.07) is 1.42. The zero-order valence-corrected chi connectivity index (χ0v) is 13.9. The Labute approximate surface area is 139 Å². The van der Waals surface area contributed by atoms with Gasteiger partial charge in [0.2, 0.25) is 5.88 Å². The first-order valence-electron chi connectivity index (χ1n) is 8.12. The van der Waals surface area contributed by atoms with Gasteiger partial charge in [0.05, 0.1) is 24.6 Å². The number of ether oxygens (including phenoxy) is 1. The Morgan fingerprint density at radius 2 is 2.29 bits per heavy atom. The second kappa shape index (κ2) is 7.09. The molecule has 0 saturated carbocycles. The first kappa shape index (κ1) is 16.6. The standard InChI is InChI=1S/C17H21FN4O2/c1-3-4-15-20-14-5-6-22(10-13(14)16(23)21-15)9-11-7-12(18)8-19-17(11)24-2/h7-8H,3-6,9-10H2,1-2H3,(H,20,21,23). The largest absolute Gasteiger partial charge is 0.481 e. The Bertz CT molecular complexity index is 791. The zero-order valence-electron chi connectivity index (χ0n) is 13.9. The highest BCUT2D eigenvalue weighted by Crippen LogP contribution is 2.21. The van der Waals surface area contributed by atoms with Gasteiger partial charge in [0.25, 0.3) is 5.56 Å². The van der Waals surface area contributed by atoms with Crippen LogP contribution in [-0.4, -0.2) is 33.5 Å². The van der Waals surface area contributed by atoms with Gasteiger partial charge in [0.15, 0.2) is 0 Å². The van der Waals surface area contributed by atoms with Gasteiger partial charge in [-0.3, -0.25) is 9.69 Å². The molecule has 0 radical (unpaired) electrons. The first-order chi connectivity index (χ1) is 11.6. The number of halogens is 1. The lowest BCUT2D eigenvalue weighted by Crippen LogP contribution is -2.36. The van der Waals surface area contributed by atoms with Crippen molar-refractivity contribution in [2.75, 3.05) is 13.7 Å². The average Bonchev–Trinajstić information content (AvgIpc) is 2.56. The lowest BCUT2D eigenvalue weighted by molar-refractivity contribution is 0.236. The molecular formula is C17H21FN4O2. The number of hydrogen-bond acceptors (Lipinski definition) is 5. The van der Waals surface area contributed by atoms with Gasteiger partial charge in [-0.1, -0.05) is 6.92 Å². The normalized spacial score (nSPS) is 14.5. The van der Waals surface area contributed by atoms with E-state index in [2.05, 4.69) is 26.8 Å². The van der Waals surface area contributed by atoms with E-state index >= 15 is 0 Å². The van der Waals surface area contributed by atoms with Crippen LogP contribution in [0.15, 0.2) is 17.1 Å². The van der Waals surface area contributed by atoms with Crippen molar-refractivity contribution in [2.24, 2.45) is 0 Å². The summed E-state index contributed by atoms with van der Waals surface area (Å²) in [5, 5.41) is 0. The van der Waals surface area contributed by atoms with E-state index in [-0.39, 0.29) is 5.56 Å². The smallest absolute Gasteiger partial charge is 0.255 e. The molecule has 1 aliphatic heterocycles. The lowest BCUT2D eigenvalue weighted by atomic mass is 10.1. The number of aromatic nitrogens is 3. The number of methoxy groups -OCH3 is 1. The molecule has 3 heterocycles. The summed E-state index contributed by atoms with van der Waals surface area (Å²) in [6.07, 6.45) is 3.57. The molecule has 24 heavy (non-hydrogen) atoms. The third-order valence-corrected chi connectivity index (χ3v) is 4.16. The Morgan fingerprint density at radius 1 is 1.46 bits per heavy atom. The van der Waals surface area contributed by atoms with Crippen molar-refractivity contribution >= 4 is 0 Å². The maximum atomic E-state index is 13.5. The summed E-state index contributed by atoms with van der Waals surface area (Å²) in [7, 11) is 1.51. The van der Waals surface area contributed by atoms with E-state index in [0.717, 1.165) is 37.1 Å². The topological polar surface area (TPSA) is 71.1 Å². The van der Waals surface area contributed by atoms with Crippen LogP contribution in [-0.2, 0) is 25.9 Å². The molecule has 0 fully saturated rings. The quantitative estimate of drug-likeness (QED) is 0.904. The van der Waals surface area contributed by atoms with Crippen molar-refractivity contribution in [1.29, 1.82) is 0 Å². The van der Waals surface area contributed by atoms with Crippen LogP contribution in [0.5, 0.6) is 5.88 Å². The highest BCUT2D eigenvalue weighted by Gasteiger charge is 2.22. The van der Waals surface area contributed by atoms with Crippen LogP contribution in [0.2, 0.25) is 0 Å². The first-order valence-corrected chi connectivity index (χ1v) is 8.12. The number of pyridine rings is 1. The molecule has 0 amide bonds. The number of hydrogen-bond donors (Lipinski definition) is 1. The highest BCUT2D eigenvalue weighted by molar-refractivity contribution is 5.27. The number of nitrogens with zero attached hydrogens (tertiary/aromatic N) is 3. The van der Waals surface area contributed by atoms with Gasteiger partial charge >= 0.3 is 0 Å². The van der Waals surface area contributed by atoms with E-state index in [9.17, 15) is 9.18 Å². The van der Waals surface area contributed by atoms with Crippen molar-refractivity contribution < 1.29 is 9.13 Å². The van der Waals surface area contributed by atoms with Crippen LogP contribution in [0.3, 0.4) is 0 Å². The minimum atomic E-state index is -0.396. The minimum absolute atomic E-state index is 0.0718.